The second-order valence-electron chi connectivity index (χ2n) is 4.64. The highest BCUT2D eigenvalue weighted by Crippen LogP contribution is 2.16. The third-order valence-electron chi connectivity index (χ3n) is 3.11. The summed E-state index contributed by atoms with van der Waals surface area (Å²) in [6.07, 6.45) is 1.41. The number of halogens is 1. The maximum absolute atomic E-state index is 13.3. The molecule has 0 amide bonds. The summed E-state index contributed by atoms with van der Waals surface area (Å²) in [5, 5.41) is 9.05. The van der Waals surface area contributed by atoms with Gasteiger partial charge in [0.05, 0.1) is 6.61 Å². The zero-order chi connectivity index (χ0) is 15.2. The van der Waals surface area contributed by atoms with E-state index in [1.54, 1.807) is 30.3 Å². The molecule has 2 rings (SSSR count). The van der Waals surface area contributed by atoms with Crippen molar-refractivity contribution in [2.75, 3.05) is 4.72 Å². The Morgan fingerprint density at radius 2 is 1.81 bits per heavy atom. The third kappa shape index (κ3) is 4.63. The first-order valence-electron chi connectivity index (χ1n) is 6.43. The fourth-order valence-electron chi connectivity index (χ4n) is 2.08. The highest BCUT2D eigenvalue weighted by Gasteiger charge is 2.04. The van der Waals surface area contributed by atoms with Crippen LogP contribution in [0.1, 0.15) is 16.7 Å². The zero-order valence-corrected chi connectivity index (χ0v) is 12.1. The number of aryl methyl sites for hydroxylation is 2. The van der Waals surface area contributed by atoms with E-state index in [1.165, 1.54) is 6.07 Å². The second-order valence-corrected chi connectivity index (χ2v) is 5.34. The van der Waals surface area contributed by atoms with Crippen molar-refractivity contribution in [3.63, 3.8) is 0 Å². The fourth-order valence-corrected chi connectivity index (χ4v) is 2.41. The SMILES string of the molecule is O=S(O)Nc1cccc(CCc2ccc(F)c(CO)c2)c1. The molecule has 0 aromatic heterocycles. The number of rotatable bonds is 6. The van der Waals surface area contributed by atoms with E-state index in [-0.39, 0.29) is 6.61 Å². The minimum Gasteiger partial charge on any atom is -0.392 e. The summed E-state index contributed by atoms with van der Waals surface area (Å²) in [6, 6.07) is 11.9. The quantitative estimate of drug-likeness (QED) is 0.719. The molecule has 0 bridgehead atoms. The third-order valence-corrected chi connectivity index (χ3v) is 3.53. The number of aliphatic hydroxyl groups is 1. The van der Waals surface area contributed by atoms with Gasteiger partial charge in [-0.15, -0.1) is 0 Å². The number of hydrogen-bond acceptors (Lipinski definition) is 2. The Hall–Kier alpha value is -1.76. The lowest BCUT2D eigenvalue weighted by atomic mass is 10.0. The van der Waals surface area contributed by atoms with E-state index in [4.69, 9.17) is 9.66 Å². The van der Waals surface area contributed by atoms with Gasteiger partial charge in [0.1, 0.15) is 5.82 Å². The molecule has 1 atom stereocenters. The Morgan fingerprint density at radius 3 is 2.48 bits per heavy atom. The average Bonchev–Trinajstić information content (AvgIpc) is 2.46. The summed E-state index contributed by atoms with van der Waals surface area (Å²) in [5.74, 6) is -0.405. The molecule has 21 heavy (non-hydrogen) atoms. The molecule has 0 spiro atoms. The monoisotopic (exact) mass is 309 g/mol. The maximum Gasteiger partial charge on any atom is 0.259 e. The topological polar surface area (TPSA) is 69.6 Å². The minimum absolute atomic E-state index is 0.290. The first kappa shape index (κ1) is 15.6. The Balaban J connectivity index is 2.04. The smallest absolute Gasteiger partial charge is 0.259 e. The van der Waals surface area contributed by atoms with Crippen LogP contribution in [0.4, 0.5) is 10.1 Å². The van der Waals surface area contributed by atoms with Crippen LogP contribution in [-0.2, 0) is 30.7 Å². The van der Waals surface area contributed by atoms with Crippen LogP contribution in [0.5, 0.6) is 0 Å². The summed E-state index contributed by atoms with van der Waals surface area (Å²) in [5.41, 5.74) is 2.80. The second kappa shape index (κ2) is 7.31. The Morgan fingerprint density at radius 1 is 1.10 bits per heavy atom. The molecule has 0 radical (unpaired) electrons. The molecule has 2 aromatic carbocycles. The first-order valence-corrected chi connectivity index (χ1v) is 7.54. The lowest BCUT2D eigenvalue weighted by Gasteiger charge is -2.07. The summed E-state index contributed by atoms with van der Waals surface area (Å²) >= 11 is -2.09. The van der Waals surface area contributed by atoms with Gasteiger partial charge in [-0.3, -0.25) is 9.27 Å². The molecule has 4 nitrogen and oxygen atoms in total. The summed E-state index contributed by atoms with van der Waals surface area (Å²) in [6.45, 7) is -0.318. The van der Waals surface area contributed by atoms with Gasteiger partial charge in [0, 0.05) is 11.3 Å². The Bertz CT molecular complexity index is 649. The van der Waals surface area contributed by atoms with E-state index < -0.39 is 17.1 Å². The molecular formula is C15H16FNO3S. The number of aliphatic hydroxyl groups excluding tert-OH is 1. The van der Waals surface area contributed by atoms with Crippen LogP contribution in [0.3, 0.4) is 0 Å². The molecule has 0 saturated carbocycles. The molecule has 0 fully saturated rings. The number of anilines is 1. The van der Waals surface area contributed by atoms with Gasteiger partial charge in [0.2, 0.25) is 0 Å². The normalized spacial score (nSPS) is 12.1. The summed E-state index contributed by atoms with van der Waals surface area (Å²) in [7, 11) is 0. The van der Waals surface area contributed by atoms with Crippen LogP contribution in [0.2, 0.25) is 0 Å². The zero-order valence-electron chi connectivity index (χ0n) is 11.3. The van der Waals surface area contributed by atoms with E-state index in [0.29, 0.717) is 24.1 Å². The van der Waals surface area contributed by atoms with Crippen LogP contribution in [0.25, 0.3) is 0 Å². The standard InChI is InChI=1S/C15H16FNO3S/c16-15-7-6-12(8-13(15)10-18)5-4-11-2-1-3-14(9-11)17-21(19)20/h1-3,6-9,17-18H,4-5,10H2,(H,19,20). The van der Waals surface area contributed by atoms with E-state index in [9.17, 15) is 8.60 Å². The Labute approximate surface area is 125 Å². The highest BCUT2D eigenvalue weighted by atomic mass is 32.2. The largest absolute Gasteiger partial charge is 0.392 e. The summed E-state index contributed by atoms with van der Waals surface area (Å²) in [4.78, 5) is 0. The van der Waals surface area contributed by atoms with Gasteiger partial charge in [-0.2, -0.15) is 0 Å². The summed E-state index contributed by atoms with van der Waals surface area (Å²) < 4.78 is 35.2. The van der Waals surface area contributed by atoms with Crippen LogP contribution >= 0.6 is 0 Å². The highest BCUT2D eigenvalue weighted by molar-refractivity contribution is 7.80. The van der Waals surface area contributed by atoms with E-state index in [0.717, 1.165) is 11.1 Å². The maximum atomic E-state index is 13.3. The molecular weight excluding hydrogens is 293 g/mol. The number of hydrogen-bond donors (Lipinski definition) is 3. The molecule has 1 unspecified atom stereocenters. The van der Waals surface area contributed by atoms with Crippen LogP contribution in [0, 0.1) is 5.82 Å². The molecule has 6 heteroatoms. The van der Waals surface area contributed by atoms with Crippen LogP contribution in [0.15, 0.2) is 42.5 Å². The van der Waals surface area contributed by atoms with Crippen LogP contribution < -0.4 is 4.72 Å². The molecule has 0 aliphatic rings. The predicted molar refractivity (Wildman–Crippen MR) is 80.6 cm³/mol. The van der Waals surface area contributed by atoms with Crippen molar-refractivity contribution in [1.82, 2.24) is 0 Å². The van der Waals surface area contributed by atoms with Gasteiger partial charge >= 0.3 is 0 Å². The first-order chi connectivity index (χ1) is 10.1. The molecule has 0 aliphatic heterocycles. The van der Waals surface area contributed by atoms with Gasteiger partial charge < -0.3 is 5.11 Å². The molecule has 112 valence electrons. The lowest BCUT2D eigenvalue weighted by Crippen LogP contribution is -2.02. The van der Waals surface area contributed by atoms with Gasteiger partial charge in [0.15, 0.2) is 0 Å². The molecule has 0 heterocycles. The minimum atomic E-state index is -2.09. The van der Waals surface area contributed by atoms with E-state index in [2.05, 4.69) is 4.72 Å². The van der Waals surface area contributed by atoms with Gasteiger partial charge in [-0.1, -0.05) is 24.3 Å². The lowest BCUT2D eigenvalue weighted by molar-refractivity contribution is 0.275. The average molecular weight is 309 g/mol. The Kier molecular flexibility index (Phi) is 5.44. The fraction of sp³-hybridized carbons (Fsp3) is 0.200. The van der Waals surface area contributed by atoms with Gasteiger partial charge in [-0.25, -0.2) is 8.60 Å². The molecule has 0 saturated heterocycles. The van der Waals surface area contributed by atoms with Crippen molar-refractivity contribution in [2.45, 2.75) is 19.4 Å². The van der Waals surface area contributed by atoms with Crippen molar-refractivity contribution in [3.05, 3.63) is 65.0 Å². The molecule has 3 N–H and O–H groups in total. The molecule has 2 aromatic rings. The van der Waals surface area contributed by atoms with Crippen molar-refractivity contribution >= 4 is 17.0 Å². The number of nitrogens with one attached hydrogen (secondary N) is 1. The van der Waals surface area contributed by atoms with Crippen molar-refractivity contribution in [1.29, 1.82) is 0 Å². The van der Waals surface area contributed by atoms with Crippen molar-refractivity contribution in [3.8, 4) is 0 Å². The van der Waals surface area contributed by atoms with Gasteiger partial charge in [-0.05, 0) is 42.2 Å². The molecule has 0 aliphatic carbocycles. The van der Waals surface area contributed by atoms with Crippen molar-refractivity contribution < 1.29 is 18.3 Å². The van der Waals surface area contributed by atoms with E-state index in [1.807, 2.05) is 6.07 Å². The van der Waals surface area contributed by atoms with Crippen LogP contribution in [-0.4, -0.2) is 13.9 Å². The number of benzene rings is 2. The van der Waals surface area contributed by atoms with Gasteiger partial charge in [0.25, 0.3) is 11.3 Å². The van der Waals surface area contributed by atoms with Crippen molar-refractivity contribution in [2.24, 2.45) is 0 Å². The van der Waals surface area contributed by atoms with E-state index >= 15 is 0 Å². The predicted octanol–water partition coefficient (Wildman–Crippen LogP) is 2.65.